The number of hydrogen-bond acceptors (Lipinski definition) is 3. The van der Waals surface area contributed by atoms with Crippen molar-refractivity contribution in [3.63, 3.8) is 0 Å². The molecule has 0 aliphatic carbocycles. The third-order valence-electron chi connectivity index (χ3n) is 3.47. The molecule has 3 rings (SSSR count). The number of pyridine rings is 1. The van der Waals surface area contributed by atoms with Gasteiger partial charge in [-0.2, -0.15) is 0 Å². The number of nitrogens with one attached hydrogen (secondary N) is 1. The number of H-pyrrole nitrogens is 1. The summed E-state index contributed by atoms with van der Waals surface area (Å²) in [6, 6.07) is 9.46. The Hall–Kier alpha value is -2.49. The van der Waals surface area contributed by atoms with Crippen LogP contribution < -0.4 is 0 Å². The molecule has 0 atom stereocenters. The molecule has 1 N–H and O–H groups in total. The Balaban J connectivity index is 1.84. The lowest BCUT2D eigenvalue weighted by atomic mass is 10.0. The summed E-state index contributed by atoms with van der Waals surface area (Å²) in [5.74, 6) is 0.131. The molecule has 100 valence electrons. The molecule has 4 heteroatoms. The first-order chi connectivity index (χ1) is 9.75. The number of carbonyl (C=O) groups is 1. The fraction of sp³-hybridized carbons (Fsp3) is 0.188. The van der Waals surface area contributed by atoms with Gasteiger partial charge in [0.15, 0.2) is 5.78 Å². The molecule has 0 amide bonds. The fourth-order valence-corrected chi connectivity index (χ4v) is 2.35. The van der Waals surface area contributed by atoms with Gasteiger partial charge in [-0.3, -0.25) is 9.78 Å². The Labute approximate surface area is 116 Å². The quantitative estimate of drug-likeness (QED) is 0.737. The number of carbonyl (C=O) groups excluding carboxylic acids is 1. The van der Waals surface area contributed by atoms with E-state index in [0.29, 0.717) is 12.8 Å². The van der Waals surface area contributed by atoms with Gasteiger partial charge in [0.1, 0.15) is 0 Å². The average Bonchev–Trinajstić information content (AvgIpc) is 2.89. The van der Waals surface area contributed by atoms with Gasteiger partial charge in [0, 0.05) is 29.3 Å². The number of ketones is 1. The van der Waals surface area contributed by atoms with Crippen LogP contribution in [-0.2, 0) is 6.42 Å². The van der Waals surface area contributed by atoms with E-state index in [-0.39, 0.29) is 5.78 Å². The molecule has 0 aliphatic heterocycles. The van der Waals surface area contributed by atoms with Crippen molar-refractivity contribution in [2.24, 2.45) is 0 Å². The van der Waals surface area contributed by atoms with Crippen molar-refractivity contribution < 1.29 is 4.79 Å². The Morgan fingerprint density at radius 1 is 1.20 bits per heavy atom. The molecule has 2 heterocycles. The van der Waals surface area contributed by atoms with E-state index in [1.807, 2.05) is 37.3 Å². The van der Waals surface area contributed by atoms with E-state index < -0.39 is 0 Å². The maximum atomic E-state index is 12.4. The van der Waals surface area contributed by atoms with E-state index >= 15 is 0 Å². The molecule has 3 aromatic rings. The minimum atomic E-state index is 0.131. The number of aromatic amines is 1. The zero-order chi connectivity index (χ0) is 13.9. The molecule has 4 nitrogen and oxygen atoms in total. The van der Waals surface area contributed by atoms with Crippen molar-refractivity contribution in [2.45, 2.75) is 19.8 Å². The lowest BCUT2D eigenvalue weighted by Crippen LogP contribution is -2.03. The second-order valence-corrected chi connectivity index (χ2v) is 4.77. The second-order valence-electron chi connectivity index (χ2n) is 4.77. The number of rotatable bonds is 4. The van der Waals surface area contributed by atoms with Crippen LogP contribution in [-0.4, -0.2) is 20.7 Å². The van der Waals surface area contributed by atoms with Crippen LogP contribution in [0.5, 0.6) is 0 Å². The van der Waals surface area contributed by atoms with E-state index in [1.54, 1.807) is 12.5 Å². The summed E-state index contributed by atoms with van der Waals surface area (Å²) in [5.41, 5.74) is 3.58. The third-order valence-corrected chi connectivity index (χ3v) is 3.47. The third kappa shape index (κ3) is 2.32. The number of nitrogens with zero attached hydrogens (tertiary/aromatic N) is 2. The summed E-state index contributed by atoms with van der Waals surface area (Å²) in [4.78, 5) is 23.9. The van der Waals surface area contributed by atoms with Crippen molar-refractivity contribution in [1.29, 1.82) is 0 Å². The van der Waals surface area contributed by atoms with Crippen LogP contribution >= 0.6 is 0 Å². The van der Waals surface area contributed by atoms with E-state index in [4.69, 9.17) is 0 Å². The first-order valence-electron chi connectivity index (χ1n) is 6.61. The number of Topliss-reactive ketones (excluding diaryl/α,β-unsaturated/α-hetero) is 1. The highest BCUT2D eigenvalue weighted by Gasteiger charge is 2.11. The van der Waals surface area contributed by atoms with E-state index in [2.05, 4.69) is 15.0 Å². The number of aryl methyl sites for hydroxylation is 2. The summed E-state index contributed by atoms with van der Waals surface area (Å²) < 4.78 is 0. The fourth-order valence-electron chi connectivity index (χ4n) is 2.35. The van der Waals surface area contributed by atoms with E-state index in [0.717, 1.165) is 27.9 Å². The maximum absolute atomic E-state index is 12.4. The smallest absolute Gasteiger partial charge is 0.163 e. The number of aromatic nitrogens is 3. The molecule has 0 aliphatic rings. The van der Waals surface area contributed by atoms with Crippen molar-refractivity contribution in [3.05, 3.63) is 59.8 Å². The topological polar surface area (TPSA) is 58.6 Å². The van der Waals surface area contributed by atoms with Gasteiger partial charge < -0.3 is 4.98 Å². The lowest BCUT2D eigenvalue weighted by Gasteiger charge is -2.05. The molecular weight excluding hydrogens is 250 g/mol. The largest absolute Gasteiger partial charge is 0.348 e. The first kappa shape index (κ1) is 12.5. The van der Waals surface area contributed by atoms with Crippen LogP contribution in [0.2, 0.25) is 0 Å². The molecule has 0 bridgehead atoms. The Kier molecular flexibility index (Phi) is 3.29. The number of hydrogen-bond donors (Lipinski definition) is 1. The van der Waals surface area contributed by atoms with Crippen LogP contribution in [0.15, 0.2) is 42.9 Å². The summed E-state index contributed by atoms with van der Waals surface area (Å²) in [5, 5.41) is 0.916. The molecule has 0 spiro atoms. The normalized spacial score (nSPS) is 10.8. The molecule has 2 aromatic heterocycles. The molecule has 0 saturated heterocycles. The Bertz CT molecular complexity index is 756. The molecule has 0 saturated carbocycles. The van der Waals surface area contributed by atoms with E-state index in [1.165, 1.54) is 0 Å². The Morgan fingerprint density at radius 3 is 2.90 bits per heavy atom. The highest BCUT2D eigenvalue weighted by molar-refractivity contribution is 6.07. The van der Waals surface area contributed by atoms with Gasteiger partial charge >= 0.3 is 0 Å². The lowest BCUT2D eigenvalue weighted by molar-refractivity contribution is 0.0984. The highest BCUT2D eigenvalue weighted by Crippen LogP contribution is 2.18. The zero-order valence-electron chi connectivity index (χ0n) is 11.3. The minimum Gasteiger partial charge on any atom is -0.348 e. The minimum absolute atomic E-state index is 0.131. The van der Waals surface area contributed by atoms with Crippen molar-refractivity contribution in [1.82, 2.24) is 15.0 Å². The van der Waals surface area contributed by atoms with Crippen LogP contribution in [0, 0.1) is 6.92 Å². The number of benzene rings is 1. The molecule has 1 aromatic carbocycles. The second kappa shape index (κ2) is 5.25. The number of imidazole rings is 1. The van der Waals surface area contributed by atoms with Crippen molar-refractivity contribution in [3.8, 4) is 0 Å². The standard InChI is InChI=1S/C16H15N3O/c1-11-14(19-10-18-11)7-8-16(20)13-4-2-6-15-12(13)5-3-9-17-15/h2-6,9-10H,7-8H2,1H3,(H,18,19). The highest BCUT2D eigenvalue weighted by atomic mass is 16.1. The van der Waals surface area contributed by atoms with Crippen LogP contribution in [0.3, 0.4) is 0 Å². The first-order valence-corrected chi connectivity index (χ1v) is 6.61. The van der Waals surface area contributed by atoms with Gasteiger partial charge in [0.2, 0.25) is 0 Å². The van der Waals surface area contributed by atoms with Gasteiger partial charge in [-0.25, -0.2) is 4.98 Å². The summed E-state index contributed by atoms with van der Waals surface area (Å²) in [6.45, 7) is 1.97. The van der Waals surface area contributed by atoms with Gasteiger partial charge in [-0.05, 0) is 25.5 Å². The zero-order valence-corrected chi connectivity index (χ0v) is 11.3. The summed E-state index contributed by atoms with van der Waals surface area (Å²) >= 11 is 0. The van der Waals surface area contributed by atoms with Crippen molar-refractivity contribution in [2.75, 3.05) is 0 Å². The summed E-state index contributed by atoms with van der Waals surface area (Å²) in [7, 11) is 0. The van der Waals surface area contributed by atoms with Crippen LogP contribution in [0.4, 0.5) is 0 Å². The van der Waals surface area contributed by atoms with Gasteiger partial charge in [-0.15, -0.1) is 0 Å². The van der Waals surface area contributed by atoms with Crippen LogP contribution in [0.1, 0.15) is 28.2 Å². The van der Waals surface area contributed by atoms with Crippen LogP contribution in [0.25, 0.3) is 10.9 Å². The number of fused-ring (bicyclic) bond motifs is 1. The maximum Gasteiger partial charge on any atom is 0.163 e. The van der Waals surface area contributed by atoms with Gasteiger partial charge in [0.05, 0.1) is 17.5 Å². The predicted molar refractivity (Wildman–Crippen MR) is 77.7 cm³/mol. The monoisotopic (exact) mass is 265 g/mol. The predicted octanol–water partition coefficient (Wildman–Crippen LogP) is 3.08. The van der Waals surface area contributed by atoms with E-state index in [9.17, 15) is 4.79 Å². The van der Waals surface area contributed by atoms with Gasteiger partial charge in [-0.1, -0.05) is 18.2 Å². The van der Waals surface area contributed by atoms with Crippen molar-refractivity contribution >= 4 is 16.7 Å². The molecular formula is C16H15N3O. The summed E-state index contributed by atoms with van der Waals surface area (Å²) in [6.07, 6.45) is 4.52. The Morgan fingerprint density at radius 2 is 2.10 bits per heavy atom. The average molecular weight is 265 g/mol. The molecule has 0 unspecified atom stereocenters. The SMILES string of the molecule is Cc1[nH]cnc1CCC(=O)c1cccc2ncccc12. The molecule has 20 heavy (non-hydrogen) atoms. The molecule has 0 fully saturated rings. The molecule has 0 radical (unpaired) electrons. The van der Waals surface area contributed by atoms with Gasteiger partial charge in [0.25, 0.3) is 0 Å².